The number of hydrogen-bond acceptors (Lipinski definition) is 4. The summed E-state index contributed by atoms with van der Waals surface area (Å²) in [5.41, 5.74) is 1.42. The summed E-state index contributed by atoms with van der Waals surface area (Å²) in [5.74, 6) is -0.464. The second-order valence-corrected chi connectivity index (χ2v) is 9.83. The smallest absolute Gasteiger partial charge is 0.404 e. The second-order valence-electron chi connectivity index (χ2n) is 8.66. The molecule has 3 atom stereocenters. The number of likely N-dealkylation sites (tertiary alicyclic amines) is 2. The van der Waals surface area contributed by atoms with Gasteiger partial charge in [-0.15, -0.1) is 0 Å². The lowest BCUT2D eigenvalue weighted by Crippen LogP contribution is -2.49. The summed E-state index contributed by atoms with van der Waals surface area (Å²) in [5, 5.41) is 0. The van der Waals surface area contributed by atoms with Crippen LogP contribution in [0, 0.1) is 0 Å². The number of piperidine rings is 1. The molecule has 0 bridgehead atoms. The predicted molar refractivity (Wildman–Crippen MR) is 118 cm³/mol. The Balaban J connectivity index is 1.33. The van der Waals surface area contributed by atoms with E-state index in [2.05, 4.69) is 4.52 Å². The number of benzene rings is 2. The largest absolute Gasteiger partial charge is 0.524 e. The highest BCUT2D eigenvalue weighted by Crippen LogP contribution is 2.39. The zero-order valence-electron chi connectivity index (χ0n) is 18.3. The van der Waals surface area contributed by atoms with Crippen molar-refractivity contribution in [3.63, 3.8) is 0 Å². The first-order chi connectivity index (χ1) is 16.1. The lowest BCUT2D eigenvalue weighted by atomic mass is 9.87. The Morgan fingerprint density at radius 1 is 1.03 bits per heavy atom. The summed E-state index contributed by atoms with van der Waals surface area (Å²) in [4.78, 5) is 34.3. The standard InChI is InChI=1S/C23H26F3N2O5P/c24-20-14-27(11-9-19(20)16-5-7-18(8-6-16)33-34(30,31)32)21-10-12-28(23(21)29)13-15-1-3-17(4-2-15)22(25)26/h1-8,19-22H,9-14H2,(H2,30,31,32)/t19-,20+,21+/m0/s1. The van der Waals surface area contributed by atoms with E-state index in [9.17, 15) is 18.1 Å². The van der Waals surface area contributed by atoms with Crippen LogP contribution in [0.2, 0.25) is 0 Å². The van der Waals surface area contributed by atoms with Gasteiger partial charge in [-0.2, -0.15) is 0 Å². The van der Waals surface area contributed by atoms with Gasteiger partial charge in [0.05, 0.1) is 6.04 Å². The predicted octanol–water partition coefficient (Wildman–Crippen LogP) is 4.02. The molecule has 2 aromatic carbocycles. The number of nitrogens with zero attached hydrogens (tertiary/aromatic N) is 2. The van der Waals surface area contributed by atoms with Crippen molar-refractivity contribution in [2.45, 2.75) is 43.9 Å². The molecule has 0 aliphatic carbocycles. The average molecular weight is 498 g/mol. The third kappa shape index (κ3) is 5.81. The van der Waals surface area contributed by atoms with Crippen LogP contribution in [-0.4, -0.2) is 57.3 Å². The Hall–Kier alpha value is -2.39. The SMILES string of the molecule is O=C1[C@H](N2CC[C@@H](c3ccc(OP(=O)(O)O)cc3)[C@H](F)C2)CCN1Cc1ccc(C(F)F)cc1. The van der Waals surface area contributed by atoms with Gasteiger partial charge in [0.2, 0.25) is 5.91 Å². The molecule has 2 N–H and O–H groups in total. The Morgan fingerprint density at radius 2 is 1.71 bits per heavy atom. The molecule has 2 saturated heterocycles. The van der Waals surface area contributed by atoms with E-state index in [1.807, 2.05) is 4.90 Å². The third-order valence-electron chi connectivity index (χ3n) is 6.42. The molecule has 11 heteroatoms. The maximum Gasteiger partial charge on any atom is 0.524 e. The van der Waals surface area contributed by atoms with Crippen molar-refractivity contribution in [3.05, 3.63) is 65.2 Å². The highest BCUT2D eigenvalue weighted by Gasteiger charge is 2.40. The minimum atomic E-state index is -4.65. The molecule has 2 fully saturated rings. The Labute approximate surface area is 195 Å². The van der Waals surface area contributed by atoms with E-state index in [0.717, 1.165) is 5.56 Å². The normalized spacial score (nSPS) is 24.1. The zero-order valence-corrected chi connectivity index (χ0v) is 19.2. The van der Waals surface area contributed by atoms with Crippen molar-refractivity contribution in [3.8, 4) is 5.75 Å². The van der Waals surface area contributed by atoms with Crippen LogP contribution in [0.4, 0.5) is 13.2 Å². The fourth-order valence-corrected chi connectivity index (χ4v) is 5.10. The summed E-state index contributed by atoms with van der Waals surface area (Å²) in [6.07, 6.45) is -2.65. The third-order valence-corrected chi connectivity index (χ3v) is 6.87. The van der Waals surface area contributed by atoms with Crippen LogP contribution in [0.1, 0.15) is 41.9 Å². The molecule has 2 aliphatic rings. The van der Waals surface area contributed by atoms with Crippen molar-refractivity contribution in [1.29, 1.82) is 0 Å². The lowest BCUT2D eigenvalue weighted by molar-refractivity contribution is -0.133. The van der Waals surface area contributed by atoms with Crippen LogP contribution in [0.25, 0.3) is 0 Å². The number of carbonyl (C=O) groups is 1. The zero-order chi connectivity index (χ0) is 24.5. The molecule has 2 aliphatic heterocycles. The number of hydrogen-bond donors (Lipinski definition) is 2. The minimum Gasteiger partial charge on any atom is -0.404 e. The minimum absolute atomic E-state index is 0.00502. The summed E-state index contributed by atoms with van der Waals surface area (Å²) in [6, 6.07) is 11.5. The number of amides is 1. The summed E-state index contributed by atoms with van der Waals surface area (Å²) in [7, 11) is -4.65. The molecule has 2 aromatic rings. The Kier molecular flexibility index (Phi) is 7.33. The summed E-state index contributed by atoms with van der Waals surface area (Å²) in [6.45, 7) is 1.51. The van der Waals surface area contributed by atoms with E-state index in [0.29, 0.717) is 38.0 Å². The van der Waals surface area contributed by atoms with E-state index in [1.54, 1.807) is 29.2 Å². The van der Waals surface area contributed by atoms with Crippen LogP contribution < -0.4 is 4.52 Å². The fourth-order valence-electron chi connectivity index (χ4n) is 4.71. The van der Waals surface area contributed by atoms with Gasteiger partial charge in [0.25, 0.3) is 6.43 Å². The van der Waals surface area contributed by atoms with E-state index < -0.39 is 26.5 Å². The van der Waals surface area contributed by atoms with E-state index in [1.165, 1.54) is 24.3 Å². The van der Waals surface area contributed by atoms with Gasteiger partial charge in [0, 0.05) is 31.1 Å². The Bertz CT molecular complexity index is 1050. The lowest BCUT2D eigenvalue weighted by Gasteiger charge is -2.37. The fraction of sp³-hybridized carbons (Fsp3) is 0.435. The van der Waals surface area contributed by atoms with Crippen molar-refractivity contribution in [2.75, 3.05) is 19.6 Å². The van der Waals surface area contributed by atoms with Crippen LogP contribution >= 0.6 is 7.82 Å². The topological polar surface area (TPSA) is 90.3 Å². The van der Waals surface area contributed by atoms with Crippen molar-refractivity contribution in [2.24, 2.45) is 0 Å². The average Bonchev–Trinajstić information content (AvgIpc) is 3.14. The number of rotatable bonds is 7. The van der Waals surface area contributed by atoms with Crippen molar-refractivity contribution >= 4 is 13.7 Å². The van der Waals surface area contributed by atoms with Gasteiger partial charge in [-0.1, -0.05) is 36.4 Å². The van der Waals surface area contributed by atoms with Crippen molar-refractivity contribution < 1.29 is 36.8 Å². The van der Waals surface area contributed by atoms with Gasteiger partial charge in [-0.25, -0.2) is 17.7 Å². The summed E-state index contributed by atoms with van der Waals surface area (Å²) < 4.78 is 56.0. The molecular weight excluding hydrogens is 472 g/mol. The van der Waals surface area contributed by atoms with Crippen LogP contribution in [0.15, 0.2) is 48.5 Å². The van der Waals surface area contributed by atoms with Gasteiger partial charge >= 0.3 is 7.82 Å². The molecule has 2 heterocycles. The first-order valence-electron chi connectivity index (χ1n) is 11.0. The molecule has 34 heavy (non-hydrogen) atoms. The molecule has 4 rings (SSSR count). The van der Waals surface area contributed by atoms with Gasteiger partial charge in [-0.05, 0) is 42.6 Å². The highest BCUT2D eigenvalue weighted by molar-refractivity contribution is 7.46. The van der Waals surface area contributed by atoms with E-state index >= 15 is 4.39 Å². The summed E-state index contributed by atoms with van der Waals surface area (Å²) >= 11 is 0. The number of halogens is 3. The van der Waals surface area contributed by atoms with Gasteiger partial charge in [0.1, 0.15) is 11.9 Å². The van der Waals surface area contributed by atoms with Gasteiger partial charge in [0.15, 0.2) is 0 Å². The molecule has 0 radical (unpaired) electrons. The molecule has 7 nitrogen and oxygen atoms in total. The van der Waals surface area contributed by atoms with Crippen molar-refractivity contribution in [1.82, 2.24) is 9.80 Å². The second kappa shape index (κ2) is 10.1. The number of phosphoric acid groups is 1. The van der Waals surface area contributed by atoms with Crippen LogP contribution in [-0.2, 0) is 15.9 Å². The molecule has 184 valence electrons. The number of phosphoric ester groups is 1. The monoisotopic (exact) mass is 498 g/mol. The maximum atomic E-state index is 15.1. The van der Waals surface area contributed by atoms with Crippen LogP contribution in [0.3, 0.4) is 0 Å². The molecule has 0 saturated carbocycles. The van der Waals surface area contributed by atoms with E-state index in [-0.39, 0.29) is 29.7 Å². The first-order valence-corrected chi connectivity index (χ1v) is 12.5. The number of carbonyl (C=O) groups excluding carboxylic acids is 1. The molecular formula is C23H26F3N2O5P. The highest BCUT2D eigenvalue weighted by atomic mass is 31.2. The Morgan fingerprint density at radius 3 is 2.29 bits per heavy atom. The first kappa shape index (κ1) is 24.7. The molecule has 0 spiro atoms. The van der Waals surface area contributed by atoms with E-state index in [4.69, 9.17) is 9.79 Å². The molecule has 0 aromatic heterocycles. The van der Waals surface area contributed by atoms with Crippen LogP contribution in [0.5, 0.6) is 5.75 Å². The quantitative estimate of drug-likeness (QED) is 0.561. The van der Waals surface area contributed by atoms with Gasteiger partial charge < -0.3 is 9.42 Å². The molecule has 1 amide bonds. The van der Waals surface area contributed by atoms with Gasteiger partial charge in [-0.3, -0.25) is 19.5 Å². The molecule has 0 unspecified atom stereocenters. The number of alkyl halides is 3. The maximum absolute atomic E-state index is 15.1.